The van der Waals surface area contributed by atoms with Gasteiger partial charge in [0.15, 0.2) is 23.0 Å². The lowest BCUT2D eigenvalue weighted by atomic mass is 9.44. The highest BCUT2D eigenvalue weighted by atomic mass is 79.9. The number of carbonyl (C=O) groups is 2. The molecule has 1 aromatic rings. The standard InChI is InChI=1S/C22H29FO5.C9H15BrN2O2/c1-12-8-16-15-5-4-13-9-14(25)6-7-19(13,2)21(15,23)17(26)10-20(16,3)22(12,28)18(27)11-24;1-9(2,3)11-5-6(13)7-4-8(10)12-14-7/h6-7,9,12,15-17,24,26,28H,4-5,8,10-11H2,1-3H3;4,6,11,13H,5H2,1-3H3/t12-,15+,16+,17+,19+,20+,21+,22+;/m1./s1. The normalized spacial score (nSPS) is 39.8. The summed E-state index contributed by atoms with van der Waals surface area (Å²) in [5.74, 6) is -1.65. The topological polar surface area (TPSA) is 153 Å². The van der Waals surface area contributed by atoms with Crippen LogP contribution in [0.5, 0.6) is 0 Å². The van der Waals surface area contributed by atoms with Crippen molar-refractivity contribution in [1.82, 2.24) is 10.5 Å². The van der Waals surface area contributed by atoms with Gasteiger partial charge >= 0.3 is 0 Å². The second-order valence-electron chi connectivity index (χ2n) is 13.9. The number of fused-ring (bicyclic) bond motifs is 5. The quantitative estimate of drug-likeness (QED) is 0.319. The van der Waals surface area contributed by atoms with Crippen LogP contribution in [0.4, 0.5) is 4.39 Å². The number of rotatable bonds is 5. The van der Waals surface area contributed by atoms with Crippen LogP contribution < -0.4 is 5.32 Å². The highest BCUT2D eigenvalue weighted by Gasteiger charge is 2.75. The third-order valence-electron chi connectivity index (χ3n) is 10.4. The summed E-state index contributed by atoms with van der Waals surface area (Å²) in [5.41, 5.74) is -5.18. The fourth-order valence-electron chi connectivity index (χ4n) is 8.19. The van der Waals surface area contributed by atoms with Crippen molar-refractivity contribution in [2.45, 2.75) is 96.2 Å². The maximum absolute atomic E-state index is 16.9. The van der Waals surface area contributed by atoms with Crippen LogP contribution in [0.3, 0.4) is 0 Å². The summed E-state index contributed by atoms with van der Waals surface area (Å²) in [5, 5.41) is 48.5. The molecule has 42 heavy (non-hydrogen) atoms. The number of carbonyl (C=O) groups excluding carboxylic acids is 2. The van der Waals surface area contributed by atoms with Crippen molar-refractivity contribution in [3.63, 3.8) is 0 Å². The number of hydrogen-bond acceptors (Lipinski definition) is 9. The van der Waals surface area contributed by atoms with E-state index in [-0.39, 0.29) is 23.7 Å². The number of alkyl halides is 1. The van der Waals surface area contributed by atoms with Crippen molar-refractivity contribution in [3.05, 3.63) is 40.2 Å². The predicted octanol–water partition coefficient (Wildman–Crippen LogP) is 3.75. The number of allylic oxidation sites excluding steroid dienone is 4. The molecule has 1 aromatic heterocycles. The zero-order valence-electron chi connectivity index (χ0n) is 25.2. The van der Waals surface area contributed by atoms with E-state index in [0.29, 0.717) is 41.7 Å². The van der Waals surface area contributed by atoms with E-state index >= 15 is 4.39 Å². The molecule has 0 spiro atoms. The van der Waals surface area contributed by atoms with Gasteiger partial charge in [0.05, 0.1) is 6.10 Å². The number of halogens is 2. The molecule has 5 rings (SSSR count). The summed E-state index contributed by atoms with van der Waals surface area (Å²) < 4.78 is 22.4. The molecule has 0 aromatic carbocycles. The Bertz CT molecular complexity index is 1280. The number of β-amino-alcohol motifs (C(OH)–C–C–N with tert-alkyl or cyclic N) is 1. The van der Waals surface area contributed by atoms with Crippen LogP contribution in [-0.2, 0) is 9.59 Å². The molecule has 0 aliphatic heterocycles. The van der Waals surface area contributed by atoms with Crippen molar-refractivity contribution in [2.24, 2.45) is 28.6 Å². The Balaban J connectivity index is 0.000000244. The smallest absolute Gasteiger partial charge is 0.190 e. The molecular weight excluding hydrogens is 611 g/mol. The Morgan fingerprint density at radius 1 is 1.31 bits per heavy atom. The van der Waals surface area contributed by atoms with E-state index in [1.165, 1.54) is 12.2 Å². The average molecular weight is 656 g/mol. The van der Waals surface area contributed by atoms with Gasteiger partial charge in [0.1, 0.15) is 22.9 Å². The van der Waals surface area contributed by atoms with Crippen molar-refractivity contribution in [2.75, 3.05) is 13.2 Å². The summed E-state index contributed by atoms with van der Waals surface area (Å²) in [6.45, 7) is 11.0. The van der Waals surface area contributed by atoms with E-state index < -0.39 is 58.5 Å². The molecule has 3 fully saturated rings. The van der Waals surface area contributed by atoms with Crippen LogP contribution in [0.1, 0.15) is 79.1 Å². The molecule has 9 atom stereocenters. The number of aliphatic hydroxyl groups excluding tert-OH is 3. The van der Waals surface area contributed by atoms with Crippen LogP contribution >= 0.6 is 15.9 Å². The average Bonchev–Trinajstić information content (AvgIpc) is 3.43. The van der Waals surface area contributed by atoms with E-state index in [2.05, 4.69) is 26.4 Å². The summed E-state index contributed by atoms with van der Waals surface area (Å²) in [7, 11) is 0. The van der Waals surface area contributed by atoms with Gasteiger partial charge in [-0.2, -0.15) is 0 Å². The number of aromatic nitrogens is 1. The largest absolute Gasteiger partial charge is 0.390 e. The summed E-state index contributed by atoms with van der Waals surface area (Å²) in [6, 6.07) is 1.66. The van der Waals surface area contributed by atoms with Gasteiger partial charge in [-0.1, -0.05) is 30.7 Å². The molecule has 0 saturated heterocycles. The van der Waals surface area contributed by atoms with Crippen LogP contribution in [-0.4, -0.2) is 73.2 Å². The molecule has 3 saturated carbocycles. The Kier molecular flexibility index (Phi) is 8.92. The van der Waals surface area contributed by atoms with Gasteiger partial charge in [0, 0.05) is 34.9 Å². The molecule has 0 amide bonds. The number of ketones is 2. The fourth-order valence-corrected chi connectivity index (χ4v) is 8.49. The Hall–Kier alpha value is -1.76. The number of Topliss-reactive ketones (excluding diaryl/α,β-unsaturated/α-hetero) is 1. The van der Waals surface area contributed by atoms with Gasteiger partial charge in [-0.15, -0.1) is 0 Å². The maximum atomic E-state index is 16.9. The number of nitrogens with zero attached hydrogens (tertiary/aromatic N) is 1. The fraction of sp³-hybridized carbons (Fsp3) is 0.710. The van der Waals surface area contributed by atoms with Gasteiger partial charge in [0.2, 0.25) is 0 Å². The van der Waals surface area contributed by atoms with Crippen molar-refractivity contribution >= 4 is 27.5 Å². The highest BCUT2D eigenvalue weighted by Crippen LogP contribution is 2.70. The van der Waals surface area contributed by atoms with Gasteiger partial charge in [-0.25, -0.2) is 4.39 Å². The minimum atomic E-state index is -1.98. The molecule has 5 N–H and O–H groups in total. The predicted molar refractivity (Wildman–Crippen MR) is 157 cm³/mol. The molecule has 1 heterocycles. The van der Waals surface area contributed by atoms with E-state index in [9.17, 15) is 30.0 Å². The second kappa shape index (κ2) is 11.3. The molecule has 11 heteroatoms. The van der Waals surface area contributed by atoms with Gasteiger partial charge in [-0.3, -0.25) is 9.59 Å². The Labute approximate surface area is 254 Å². The molecule has 234 valence electrons. The van der Waals surface area contributed by atoms with E-state index in [1.807, 2.05) is 20.8 Å². The first kappa shape index (κ1) is 33.1. The molecule has 4 aliphatic rings. The lowest BCUT2D eigenvalue weighted by Crippen LogP contribution is -2.69. The first-order valence-corrected chi connectivity index (χ1v) is 15.4. The number of hydrogen-bond donors (Lipinski definition) is 5. The monoisotopic (exact) mass is 654 g/mol. The minimum absolute atomic E-state index is 0.0156. The molecule has 0 bridgehead atoms. The first-order chi connectivity index (χ1) is 19.3. The second-order valence-corrected chi connectivity index (χ2v) is 14.8. The molecule has 4 aliphatic carbocycles. The van der Waals surface area contributed by atoms with Crippen molar-refractivity contribution in [3.8, 4) is 0 Å². The lowest BCUT2D eigenvalue weighted by molar-refractivity contribution is -0.219. The van der Waals surface area contributed by atoms with Gasteiger partial charge < -0.3 is 30.3 Å². The molecule has 9 nitrogen and oxygen atoms in total. The molecular formula is C31H44BrFN2O7. The Morgan fingerprint density at radius 2 is 1.98 bits per heavy atom. The zero-order valence-corrected chi connectivity index (χ0v) is 26.7. The van der Waals surface area contributed by atoms with E-state index in [0.717, 1.165) is 0 Å². The number of nitrogens with one attached hydrogen (secondary N) is 1. The summed E-state index contributed by atoms with van der Waals surface area (Å²) >= 11 is 3.15. The van der Waals surface area contributed by atoms with Crippen LogP contribution in [0, 0.1) is 28.6 Å². The summed E-state index contributed by atoms with van der Waals surface area (Å²) in [4.78, 5) is 24.4. The van der Waals surface area contributed by atoms with Crippen LogP contribution in [0.25, 0.3) is 0 Å². The van der Waals surface area contributed by atoms with E-state index in [1.54, 1.807) is 32.9 Å². The Morgan fingerprint density at radius 3 is 2.55 bits per heavy atom. The minimum Gasteiger partial charge on any atom is -0.390 e. The molecule has 0 radical (unpaired) electrons. The van der Waals surface area contributed by atoms with E-state index in [4.69, 9.17) is 4.52 Å². The van der Waals surface area contributed by atoms with Gasteiger partial charge in [-0.05, 0) is 93.3 Å². The number of aliphatic hydroxyl groups is 4. The SMILES string of the molecule is CC(C)(C)NCC(O)c1cc(Br)no1.C[C@@H]1C[C@H]2[C@@H]3CCC4=CC(=O)C=C[C@]4(C)[C@@]3(F)[C@@H](O)C[C@]2(C)[C@@]1(O)C(=O)CO. The van der Waals surface area contributed by atoms with Crippen LogP contribution in [0.2, 0.25) is 0 Å². The first-order valence-electron chi connectivity index (χ1n) is 14.6. The zero-order chi connectivity index (χ0) is 31.5. The highest BCUT2D eigenvalue weighted by molar-refractivity contribution is 9.10. The van der Waals surface area contributed by atoms with Gasteiger partial charge in [0.25, 0.3) is 0 Å². The van der Waals surface area contributed by atoms with Crippen molar-refractivity contribution in [1.29, 1.82) is 0 Å². The third kappa shape index (κ3) is 5.17. The maximum Gasteiger partial charge on any atom is 0.190 e. The van der Waals surface area contributed by atoms with Crippen molar-refractivity contribution < 1.29 is 38.9 Å². The van der Waals surface area contributed by atoms with Crippen LogP contribution in [0.15, 0.2) is 39.0 Å². The molecule has 1 unspecified atom stereocenters. The summed E-state index contributed by atoms with van der Waals surface area (Å²) in [6.07, 6.45) is 3.78. The third-order valence-corrected chi connectivity index (χ3v) is 10.8. The lowest BCUT2D eigenvalue weighted by Gasteiger charge is -2.62.